The summed E-state index contributed by atoms with van der Waals surface area (Å²) in [5.41, 5.74) is 7.56. The number of halogens is 1. The summed E-state index contributed by atoms with van der Waals surface area (Å²) >= 11 is 0. The molecule has 1 fully saturated rings. The number of nitrogens with two attached hydrogens (primary N) is 1. The average Bonchev–Trinajstić information content (AvgIpc) is 3.05. The van der Waals surface area contributed by atoms with E-state index in [1.165, 1.54) is 4.68 Å². The van der Waals surface area contributed by atoms with Gasteiger partial charge in [0, 0.05) is 11.6 Å². The zero-order valence-electron chi connectivity index (χ0n) is 14.6. The van der Waals surface area contributed by atoms with Gasteiger partial charge in [-0.1, -0.05) is 18.2 Å². The fraction of sp³-hybridized carbons (Fsp3) is 0.263. The second-order valence-corrected chi connectivity index (χ2v) is 7.19. The first-order valence-electron chi connectivity index (χ1n) is 8.77. The Hall–Kier alpha value is -2.67. The quantitative estimate of drug-likeness (QED) is 0.703. The van der Waals surface area contributed by atoms with Gasteiger partial charge in [-0.2, -0.15) is 5.10 Å². The number of primary amides is 1. The Morgan fingerprint density at radius 3 is 2.88 bits per heavy atom. The minimum Gasteiger partial charge on any atom is -0.366 e. The predicted octanol–water partition coefficient (Wildman–Crippen LogP) is 1.48. The minimum absolute atomic E-state index is 0.0639. The molecule has 1 aliphatic heterocycles. The number of hydrogen-bond acceptors (Lipinski definition) is 3. The Labute approximate surface area is 151 Å². The summed E-state index contributed by atoms with van der Waals surface area (Å²) in [6.07, 6.45) is 3.83. The van der Waals surface area contributed by atoms with Crippen molar-refractivity contribution in [2.24, 2.45) is 5.73 Å². The molecule has 7 heteroatoms. The highest BCUT2D eigenvalue weighted by molar-refractivity contribution is 6.16. The molecule has 0 saturated carbocycles. The molecule has 4 rings (SSSR count). The Kier molecular flexibility index (Phi) is 4.03. The van der Waals surface area contributed by atoms with Crippen molar-refractivity contribution in [2.45, 2.75) is 18.2 Å². The standard InChI is InChI=1S/C19H20BFN4O/c20-19(7-2-8-23-11-19)13-5-6-16(15(21)9-13)25-10-12-3-1-4-14(18(22)26)17(12)24-25/h1,3-6,9-10,23H,2,7-8,11,20H2,(H2,22,26). The van der Waals surface area contributed by atoms with Gasteiger partial charge in [-0.3, -0.25) is 4.79 Å². The van der Waals surface area contributed by atoms with Gasteiger partial charge in [-0.05, 0) is 55.0 Å². The number of hydrogen-bond donors (Lipinski definition) is 2. The van der Waals surface area contributed by atoms with Crippen LogP contribution in [0.1, 0.15) is 28.8 Å². The van der Waals surface area contributed by atoms with E-state index in [1.54, 1.807) is 30.5 Å². The number of fused-ring (bicyclic) bond motifs is 1. The van der Waals surface area contributed by atoms with Gasteiger partial charge in [0.05, 0.1) is 5.56 Å². The number of nitrogens with one attached hydrogen (secondary N) is 1. The van der Waals surface area contributed by atoms with Crippen molar-refractivity contribution in [2.75, 3.05) is 13.1 Å². The molecule has 132 valence electrons. The third-order valence-corrected chi connectivity index (χ3v) is 5.29. The first-order chi connectivity index (χ1) is 12.5. The van der Waals surface area contributed by atoms with Crippen LogP contribution in [0.5, 0.6) is 0 Å². The molecule has 0 aliphatic carbocycles. The molecule has 26 heavy (non-hydrogen) atoms. The van der Waals surface area contributed by atoms with Crippen molar-refractivity contribution in [3.8, 4) is 5.69 Å². The third-order valence-electron chi connectivity index (χ3n) is 5.29. The van der Waals surface area contributed by atoms with Gasteiger partial charge < -0.3 is 11.1 Å². The summed E-state index contributed by atoms with van der Waals surface area (Å²) in [4.78, 5) is 11.6. The number of nitrogens with zero attached hydrogens (tertiary/aromatic N) is 2. The van der Waals surface area contributed by atoms with E-state index in [9.17, 15) is 9.18 Å². The summed E-state index contributed by atoms with van der Waals surface area (Å²) < 4.78 is 16.3. The highest BCUT2D eigenvalue weighted by atomic mass is 19.1. The maximum atomic E-state index is 14.9. The lowest BCUT2D eigenvalue weighted by atomic mass is 9.60. The number of benzene rings is 2. The summed E-state index contributed by atoms with van der Waals surface area (Å²) in [7, 11) is 2.16. The van der Waals surface area contributed by atoms with Crippen molar-refractivity contribution < 1.29 is 9.18 Å². The molecule has 0 radical (unpaired) electrons. The fourth-order valence-corrected chi connectivity index (χ4v) is 3.74. The molecule has 0 bridgehead atoms. The van der Waals surface area contributed by atoms with E-state index < -0.39 is 5.91 Å². The van der Waals surface area contributed by atoms with Crippen molar-refractivity contribution in [3.63, 3.8) is 0 Å². The minimum atomic E-state index is -0.547. The number of aromatic nitrogens is 2. The summed E-state index contributed by atoms with van der Waals surface area (Å²) in [6, 6.07) is 10.5. The molecular formula is C19H20BFN4O. The Morgan fingerprint density at radius 1 is 1.35 bits per heavy atom. The largest absolute Gasteiger partial charge is 0.366 e. The normalized spacial score (nSPS) is 20.3. The number of amides is 1. The lowest BCUT2D eigenvalue weighted by Gasteiger charge is -2.35. The topological polar surface area (TPSA) is 72.9 Å². The van der Waals surface area contributed by atoms with Crippen LogP contribution in [0.2, 0.25) is 0 Å². The molecule has 1 aromatic heterocycles. The fourth-order valence-electron chi connectivity index (χ4n) is 3.74. The lowest BCUT2D eigenvalue weighted by molar-refractivity contribution is 0.100. The molecule has 2 aromatic carbocycles. The number of rotatable bonds is 3. The Bertz CT molecular complexity index is 994. The van der Waals surface area contributed by atoms with Crippen LogP contribution in [-0.4, -0.2) is 36.6 Å². The van der Waals surface area contributed by atoms with E-state index in [2.05, 4.69) is 18.3 Å². The molecule has 1 atom stereocenters. The maximum absolute atomic E-state index is 14.9. The molecule has 1 unspecified atom stereocenters. The summed E-state index contributed by atoms with van der Waals surface area (Å²) in [6.45, 7) is 1.86. The van der Waals surface area contributed by atoms with Crippen LogP contribution >= 0.6 is 0 Å². The molecule has 5 nitrogen and oxygen atoms in total. The van der Waals surface area contributed by atoms with Crippen LogP contribution in [0, 0.1) is 5.82 Å². The molecular weight excluding hydrogens is 330 g/mol. The summed E-state index contributed by atoms with van der Waals surface area (Å²) in [5, 5.41) is 8.46. The van der Waals surface area contributed by atoms with E-state index >= 15 is 0 Å². The lowest BCUT2D eigenvalue weighted by Crippen LogP contribution is -2.43. The first kappa shape index (κ1) is 16.8. The van der Waals surface area contributed by atoms with E-state index in [0.29, 0.717) is 16.8 Å². The zero-order valence-corrected chi connectivity index (χ0v) is 14.6. The van der Waals surface area contributed by atoms with Gasteiger partial charge in [0.1, 0.15) is 24.9 Å². The van der Waals surface area contributed by atoms with Gasteiger partial charge in [-0.25, -0.2) is 9.07 Å². The monoisotopic (exact) mass is 350 g/mol. The van der Waals surface area contributed by atoms with Crippen LogP contribution < -0.4 is 11.1 Å². The van der Waals surface area contributed by atoms with Gasteiger partial charge in [-0.15, -0.1) is 0 Å². The van der Waals surface area contributed by atoms with E-state index in [0.717, 1.165) is 36.9 Å². The van der Waals surface area contributed by atoms with Gasteiger partial charge in [0.2, 0.25) is 0 Å². The Morgan fingerprint density at radius 2 is 2.19 bits per heavy atom. The zero-order chi connectivity index (χ0) is 18.3. The third kappa shape index (κ3) is 2.78. The molecule has 3 aromatic rings. The van der Waals surface area contributed by atoms with Crippen molar-refractivity contribution in [1.29, 1.82) is 0 Å². The first-order valence-corrected chi connectivity index (χ1v) is 8.77. The Balaban J connectivity index is 1.76. The van der Waals surface area contributed by atoms with E-state index in [1.807, 2.05) is 12.1 Å². The van der Waals surface area contributed by atoms with Crippen LogP contribution in [0.3, 0.4) is 0 Å². The van der Waals surface area contributed by atoms with Gasteiger partial charge >= 0.3 is 0 Å². The molecule has 1 aliphatic rings. The number of carbonyl (C=O) groups is 1. The predicted molar refractivity (Wildman–Crippen MR) is 102 cm³/mol. The average molecular weight is 350 g/mol. The van der Waals surface area contributed by atoms with Crippen LogP contribution in [0.4, 0.5) is 4.39 Å². The molecule has 0 spiro atoms. The van der Waals surface area contributed by atoms with E-state index in [-0.39, 0.29) is 11.1 Å². The van der Waals surface area contributed by atoms with E-state index in [4.69, 9.17) is 5.73 Å². The van der Waals surface area contributed by atoms with Gasteiger partial charge in [0.15, 0.2) is 0 Å². The highest BCUT2D eigenvalue weighted by Gasteiger charge is 2.29. The number of piperidine rings is 1. The maximum Gasteiger partial charge on any atom is 0.250 e. The van der Waals surface area contributed by atoms with Crippen LogP contribution in [0.25, 0.3) is 16.6 Å². The van der Waals surface area contributed by atoms with Crippen LogP contribution in [-0.2, 0) is 5.31 Å². The molecule has 2 heterocycles. The molecule has 1 saturated heterocycles. The van der Waals surface area contributed by atoms with Crippen molar-refractivity contribution in [3.05, 3.63) is 59.5 Å². The van der Waals surface area contributed by atoms with Crippen LogP contribution in [0.15, 0.2) is 42.6 Å². The van der Waals surface area contributed by atoms with Crippen molar-refractivity contribution >= 4 is 24.7 Å². The highest BCUT2D eigenvalue weighted by Crippen LogP contribution is 2.30. The van der Waals surface area contributed by atoms with Crippen molar-refractivity contribution in [1.82, 2.24) is 15.1 Å². The van der Waals surface area contributed by atoms with Gasteiger partial charge in [0.25, 0.3) is 5.91 Å². The smallest absolute Gasteiger partial charge is 0.250 e. The SMILES string of the molecule is BC1(c2ccc(-n3cc4cccc(C(N)=O)c4n3)c(F)c2)CCCNC1. The number of carbonyl (C=O) groups excluding carboxylic acids is 1. The molecule has 3 N–H and O–H groups in total. The second-order valence-electron chi connectivity index (χ2n) is 7.19. The summed E-state index contributed by atoms with van der Waals surface area (Å²) in [5.74, 6) is -0.878. The molecule has 1 amide bonds. The second kappa shape index (κ2) is 6.25.